The van der Waals surface area contributed by atoms with Gasteiger partial charge in [-0.25, -0.2) is 19.2 Å². The van der Waals surface area contributed by atoms with E-state index in [-0.39, 0.29) is 24.7 Å². The molecule has 0 aliphatic heterocycles. The fourth-order valence-corrected chi connectivity index (χ4v) is 3.65. The molecular formula is C35H28O8. The molecule has 0 amide bonds. The predicted octanol–water partition coefficient (Wildman–Crippen LogP) is 5.70. The van der Waals surface area contributed by atoms with Crippen molar-refractivity contribution in [3.8, 4) is 34.5 Å². The SMILES string of the molecule is C=CC(=O)OCc1ccc(C#Cc2c(C)cc(-c3ccc(COC(=O)C=C)cc3)c(OC(=O)C=C)c2OC(=O)C=C)cc1. The molecule has 216 valence electrons. The van der Waals surface area contributed by atoms with Gasteiger partial charge in [-0.3, -0.25) is 0 Å². The molecule has 0 atom stereocenters. The fourth-order valence-electron chi connectivity index (χ4n) is 3.65. The molecule has 3 aromatic rings. The van der Waals surface area contributed by atoms with Crippen molar-refractivity contribution in [1.82, 2.24) is 0 Å². The lowest BCUT2D eigenvalue weighted by atomic mass is 9.96. The standard InChI is InChI=1S/C35H28O8/c1-6-30(36)40-21-25-12-10-24(11-13-25)16-19-28-23(5)20-29(27-17-14-26(15-18-27)22-41-31(37)7-2)35(43-33(39)9-4)34(28)42-32(38)8-3/h6-15,17-18,20H,1-4,21-22H2,5H3. The van der Waals surface area contributed by atoms with E-state index in [1.54, 1.807) is 61.5 Å². The highest BCUT2D eigenvalue weighted by Gasteiger charge is 2.23. The van der Waals surface area contributed by atoms with Crippen molar-refractivity contribution in [1.29, 1.82) is 0 Å². The van der Waals surface area contributed by atoms with Crippen molar-refractivity contribution in [3.63, 3.8) is 0 Å². The second kappa shape index (κ2) is 15.2. The van der Waals surface area contributed by atoms with Crippen LogP contribution in [0.2, 0.25) is 0 Å². The molecule has 43 heavy (non-hydrogen) atoms. The maximum absolute atomic E-state index is 12.4. The molecule has 3 rings (SSSR count). The Bertz CT molecular complexity index is 1650. The Morgan fingerprint density at radius 1 is 0.651 bits per heavy atom. The highest BCUT2D eigenvalue weighted by atomic mass is 16.6. The first-order chi connectivity index (χ1) is 20.7. The zero-order chi connectivity index (χ0) is 31.4. The third-order valence-electron chi connectivity index (χ3n) is 5.82. The van der Waals surface area contributed by atoms with Crippen molar-refractivity contribution in [2.45, 2.75) is 20.1 Å². The van der Waals surface area contributed by atoms with Gasteiger partial charge in [-0.05, 0) is 47.4 Å². The summed E-state index contributed by atoms with van der Waals surface area (Å²) in [5, 5.41) is 0. The molecule has 8 nitrogen and oxygen atoms in total. The normalized spacial score (nSPS) is 9.79. The molecule has 0 spiro atoms. The molecule has 0 fully saturated rings. The van der Waals surface area contributed by atoms with Gasteiger partial charge in [0.05, 0.1) is 5.56 Å². The van der Waals surface area contributed by atoms with E-state index in [2.05, 4.69) is 38.2 Å². The van der Waals surface area contributed by atoms with Gasteiger partial charge in [-0.2, -0.15) is 0 Å². The number of benzene rings is 3. The number of ether oxygens (including phenoxy) is 4. The Morgan fingerprint density at radius 2 is 1.12 bits per heavy atom. The van der Waals surface area contributed by atoms with Crippen LogP contribution in [0.4, 0.5) is 0 Å². The Hall–Kier alpha value is -5.94. The average Bonchev–Trinajstić information content (AvgIpc) is 3.03. The lowest BCUT2D eigenvalue weighted by molar-refractivity contribution is -0.139. The van der Waals surface area contributed by atoms with Crippen LogP contribution in [0.25, 0.3) is 11.1 Å². The van der Waals surface area contributed by atoms with Crippen molar-refractivity contribution < 1.29 is 38.1 Å². The van der Waals surface area contributed by atoms with E-state index in [0.717, 1.165) is 29.9 Å². The maximum Gasteiger partial charge on any atom is 0.335 e. The summed E-state index contributed by atoms with van der Waals surface area (Å²) in [5.41, 5.74) is 4.10. The van der Waals surface area contributed by atoms with Crippen LogP contribution in [-0.4, -0.2) is 23.9 Å². The van der Waals surface area contributed by atoms with Gasteiger partial charge in [-0.15, -0.1) is 0 Å². The fraction of sp³-hybridized carbons (Fsp3) is 0.0857. The molecule has 0 aliphatic carbocycles. The molecule has 0 saturated carbocycles. The van der Waals surface area contributed by atoms with E-state index < -0.39 is 23.9 Å². The van der Waals surface area contributed by atoms with Crippen LogP contribution in [0.15, 0.2) is 105 Å². The van der Waals surface area contributed by atoms with Crippen LogP contribution in [-0.2, 0) is 41.9 Å². The van der Waals surface area contributed by atoms with Gasteiger partial charge in [0.15, 0.2) is 11.5 Å². The van der Waals surface area contributed by atoms with Crippen molar-refractivity contribution >= 4 is 23.9 Å². The Balaban J connectivity index is 2.09. The molecule has 0 N–H and O–H groups in total. The molecule has 0 saturated heterocycles. The van der Waals surface area contributed by atoms with E-state index in [0.29, 0.717) is 33.4 Å². The van der Waals surface area contributed by atoms with Crippen LogP contribution in [0.5, 0.6) is 11.5 Å². The van der Waals surface area contributed by atoms with E-state index in [9.17, 15) is 19.2 Å². The maximum atomic E-state index is 12.4. The smallest absolute Gasteiger partial charge is 0.335 e. The van der Waals surface area contributed by atoms with Crippen molar-refractivity contribution in [2.24, 2.45) is 0 Å². The summed E-state index contributed by atoms with van der Waals surface area (Å²) in [6.45, 7) is 15.6. The number of hydrogen-bond acceptors (Lipinski definition) is 8. The summed E-state index contributed by atoms with van der Waals surface area (Å²) in [6.07, 6.45) is 4.13. The number of carbonyl (C=O) groups is 4. The third kappa shape index (κ3) is 8.77. The zero-order valence-electron chi connectivity index (χ0n) is 23.5. The summed E-state index contributed by atoms with van der Waals surface area (Å²) >= 11 is 0. The largest absolute Gasteiger partial charge is 0.458 e. The molecule has 8 heteroatoms. The lowest BCUT2D eigenvalue weighted by Gasteiger charge is -2.18. The Morgan fingerprint density at radius 3 is 1.60 bits per heavy atom. The van der Waals surface area contributed by atoms with Crippen LogP contribution in [0.3, 0.4) is 0 Å². The summed E-state index contributed by atoms with van der Waals surface area (Å²) in [4.78, 5) is 47.5. The molecule has 0 bridgehead atoms. The first-order valence-electron chi connectivity index (χ1n) is 12.8. The highest BCUT2D eigenvalue weighted by molar-refractivity contribution is 5.90. The van der Waals surface area contributed by atoms with Gasteiger partial charge < -0.3 is 18.9 Å². The number of aryl methyl sites for hydroxylation is 1. The van der Waals surface area contributed by atoms with Gasteiger partial charge in [0, 0.05) is 35.4 Å². The molecule has 3 aromatic carbocycles. The zero-order valence-corrected chi connectivity index (χ0v) is 23.5. The Kier molecular flexibility index (Phi) is 11.1. The molecule has 0 heterocycles. The molecule has 0 unspecified atom stereocenters. The van der Waals surface area contributed by atoms with Crippen LogP contribution in [0, 0.1) is 18.8 Å². The first kappa shape index (κ1) is 31.6. The van der Waals surface area contributed by atoms with E-state index in [4.69, 9.17) is 18.9 Å². The highest BCUT2D eigenvalue weighted by Crippen LogP contribution is 2.43. The molecular weight excluding hydrogens is 548 g/mol. The molecule has 0 aromatic heterocycles. The van der Waals surface area contributed by atoms with Gasteiger partial charge in [-0.1, -0.05) is 74.6 Å². The number of hydrogen-bond donors (Lipinski definition) is 0. The lowest BCUT2D eigenvalue weighted by Crippen LogP contribution is -2.11. The Labute approximate surface area is 249 Å². The van der Waals surface area contributed by atoms with E-state index >= 15 is 0 Å². The minimum Gasteiger partial charge on any atom is -0.458 e. The summed E-state index contributed by atoms with van der Waals surface area (Å²) in [7, 11) is 0. The second-order valence-electron chi connectivity index (χ2n) is 8.79. The van der Waals surface area contributed by atoms with Crippen molar-refractivity contribution in [2.75, 3.05) is 0 Å². The van der Waals surface area contributed by atoms with Gasteiger partial charge >= 0.3 is 23.9 Å². The third-order valence-corrected chi connectivity index (χ3v) is 5.82. The monoisotopic (exact) mass is 576 g/mol. The molecule has 0 radical (unpaired) electrons. The average molecular weight is 577 g/mol. The summed E-state index contributed by atoms with van der Waals surface area (Å²) in [6, 6.07) is 15.7. The number of esters is 4. The number of rotatable bonds is 11. The topological polar surface area (TPSA) is 105 Å². The van der Waals surface area contributed by atoms with Gasteiger partial charge in [0.1, 0.15) is 13.2 Å². The van der Waals surface area contributed by atoms with Crippen LogP contribution in [0.1, 0.15) is 27.8 Å². The summed E-state index contributed by atoms with van der Waals surface area (Å²) < 4.78 is 21.3. The first-order valence-corrected chi connectivity index (χ1v) is 12.8. The van der Waals surface area contributed by atoms with Crippen LogP contribution >= 0.6 is 0 Å². The minimum atomic E-state index is -0.784. The van der Waals surface area contributed by atoms with E-state index in [1.165, 1.54) is 0 Å². The predicted molar refractivity (Wildman–Crippen MR) is 161 cm³/mol. The molecule has 0 aliphatic rings. The quantitative estimate of drug-likeness (QED) is 0.124. The summed E-state index contributed by atoms with van der Waals surface area (Å²) in [5.74, 6) is 3.30. The van der Waals surface area contributed by atoms with E-state index in [1.807, 2.05) is 0 Å². The second-order valence-corrected chi connectivity index (χ2v) is 8.79. The number of carbonyl (C=O) groups excluding carboxylic acids is 4. The van der Waals surface area contributed by atoms with Gasteiger partial charge in [0.2, 0.25) is 0 Å². The van der Waals surface area contributed by atoms with Crippen LogP contribution < -0.4 is 9.47 Å². The minimum absolute atomic E-state index is 0.0415. The van der Waals surface area contributed by atoms with Gasteiger partial charge in [0.25, 0.3) is 0 Å². The van der Waals surface area contributed by atoms with Crippen molar-refractivity contribution in [3.05, 3.63) is 133 Å².